The Morgan fingerprint density at radius 3 is 1.85 bits per heavy atom. The van der Waals surface area contributed by atoms with Crippen LogP contribution in [0.5, 0.6) is 0 Å². The average Bonchev–Trinajstić information content (AvgIpc) is 1.94. The molecule has 0 radical (unpaired) electrons. The van der Waals surface area contributed by atoms with Gasteiger partial charge in [-0.1, -0.05) is 27.7 Å². The number of aliphatic hydroxyl groups excluding tert-OH is 1. The van der Waals surface area contributed by atoms with Gasteiger partial charge in [-0.25, -0.2) is 0 Å². The molecule has 1 unspecified atom stereocenters. The molecule has 0 aromatic rings. The van der Waals surface area contributed by atoms with Crippen LogP contribution in [0.15, 0.2) is 0 Å². The van der Waals surface area contributed by atoms with Crippen molar-refractivity contribution in [1.82, 2.24) is 0 Å². The highest BCUT2D eigenvalue weighted by Gasteiger charge is 2.48. The largest absolute Gasteiger partial charge is 0.396 e. The first kappa shape index (κ1) is 11.0. The quantitative estimate of drug-likeness (QED) is 0.727. The summed E-state index contributed by atoms with van der Waals surface area (Å²) in [6.07, 6.45) is 0. The SMILES string of the molecule is CC(C)C(CO)C1(C(C)C)COC1. The third-order valence-electron chi connectivity index (χ3n) is 3.63. The summed E-state index contributed by atoms with van der Waals surface area (Å²) in [6, 6.07) is 0. The minimum atomic E-state index is 0.239. The molecule has 0 aromatic carbocycles. The van der Waals surface area contributed by atoms with E-state index in [2.05, 4.69) is 27.7 Å². The highest BCUT2D eigenvalue weighted by molar-refractivity contribution is 4.95. The van der Waals surface area contributed by atoms with E-state index in [0.717, 1.165) is 13.2 Å². The Bertz CT molecular complexity index is 159. The predicted molar refractivity (Wildman–Crippen MR) is 53.5 cm³/mol. The molecule has 1 fully saturated rings. The van der Waals surface area contributed by atoms with Crippen LogP contribution >= 0.6 is 0 Å². The van der Waals surface area contributed by atoms with Gasteiger partial charge in [-0.05, 0) is 17.8 Å². The molecule has 1 atom stereocenters. The molecule has 0 aromatic heterocycles. The van der Waals surface area contributed by atoms with Gasteiger partial charge in [-0.3, -0.25) is 0 Å². The summed E-state index contributed by atoms with van der Waals surface area (Å²) in [7, 11) is 0. The zero-order valence-corrected chi connectivity index (χ0v) is 9.21. The third-order valence-corrected chi connectivity index (χ3v) is 3.63. The van der Waals surface area contributed by atoms with Crippen LogP contribution in [0.2, 0.25) is 0 Å². The standard InChI is InChI=1S/C11H22O2/c1-8(2)10(5-12)11(9(3)4)6-13-7-11/h8-10,12H,5-7H2,1-4H3. The van der Waals surface area contributed by atoms with Crippen molar-refractivity contribution in [3.05, 3.63) is 0 Å². The summed E-state index contributed by atoms with van der Waals surface area (Å²) in [5.41, 5.74) is 0.239. The fourth-order valence-corrected chi connectivity index (χ4v) is 2.37. The Kier molecular flexibility index (Phi) is 3.36. The maximum Gasteiger partial charge on any atom is 0.0550 e. The normalized spacial score (nSPS) is 23.3. The molecule has 2 heteroatoms. The summed E-state index contributed by atoms with van der Waals surface area (Å²) in [6.45, 7) is 10.8. The molecule has 1 heterocycles. The Morgan fingerprint density at radius 2 is 1.77 bits per heavy atom. The summed E-state index contributed by atoms with van der Waals surface area (Å²) < 4.78 is 5.32. The zero-order chi connectivity index (χ0) is 10.1. The molecule has 0 spiro atoms. The second kappa shape index (κ2) is 3.97. The molecule has 0 bridgehead atoms. The van der Waals surface area contributed by atoms with Crippen LogP contribution in [0.3, 0.4) is 0 Å². The number of rotatable bonds is 4. The van der Waals surface area contributed by atoms with E-state index in [1.807, 2.05) is 0 Å². The molecular weight excluding hydrogens is 164 g/mol. The van der Waals surface area contributed by atoms with E-state index in [4.69, 9.17) is 4.74 Å². The maximum atomic E-state index is 9.39. The molecule has 1 saturated heterocycles. The van der Waals surface area contributed by atoms with Crippen molar-refractivity contribution in [1.29, 1.82) is 0 Å². The fraction of sp³-hybridized carbons (Fsp3) is 1.00. The van der Waals surface area contributed by atoms with Crippen LogP contribution in [0, 0.1) is 23.2 Å². The molecule has 1 aliphatic rings. The molecule has 1 aliphatic heterocycles. The first-order chi connectivity index (χ1) is 6.04. The van der Waals surface area contributed by atoms with E-state index in [1.54, 1.807) is 0 Å². The number of hydrogen-bond acceptors (Lipinski definition) is 2. The van der Waals surface area contributed by atoms with Gasteiger partial charge in [0.25, 0.3) is 0 Å². The van der Waals surface area contributed by atoms with Gasteiger partial charge in [0.15, 0.2) is 0 Å². The van der Waals surface area contributed by atoms with E-state index in [-0.39, 0.29) is 5.41 Å². The van der Waals surface area contributed by atoms with Crippen molar-refractivity contribution < 1.29 is 9.84 Å². The molecule has 0 aliphatic carbocycles. The molecule has 0 amide bonds. The molecular formula is C11H22O2. The lowest BCUT2D eigenvalue weighted by Crippen LogP contribution is -2.54. The Labute approximate surface area is 81.3 Å². The number of hydrogen-bond donors (Lipinski definition) is 1. The average molecular weight is 186 g/mol. The van der Waals surface area contributed by atoms with Crippen LogP contribution in [0.1, 0.15) is 27.7 Å². The minimum Gasteiger partial charge on any atom is -0.396 e. The van der Waals surface area contributed by atoms with E-state index in [0.29, 0.717) is 24.4 Å². The summed E-state index contributed by atoms with van der Waals surface area (Å²) >= 11 is 0. The Balaban J connectivity index is 2.73. The van der Waals surface area contributed by atoms with Crippen LogP contribution < -0.4 is 0 Å². The highest BCUT2D eigenvalue weighted by atomic mass is 16.5. The van der Waals surface area contributed by atoms with Crippen molar-refractivity contribution >= 4 is 0 Å². The van der Waals surface area contributed by atoms with Gasteiger partial charge in [-0.15, -0.1) is 0 Å². The Morgan fingerprint density at radius 1 is 1.23 bits per heavy atom. The van der Waals surface area contributed by atoms with Crippen molar-refractivity contribution in [2.45, 2.75) is 27.7 Å². The molecule has 1 N–H and O–H groups in total. The summed E-state index contributed by atoms with van der Waals surface area (Å²) in [5.74, 6) is 1.53. The van der Waals surface area contributed by atoms with E-state index < -0.39 is 0 Å². The first-order valence-corrected chi connectivity index (χ1v) is 5.23. The zero-order valence-electron chi connectivity index (χ0n) is 9.21. The lowest BCUT2D eigenvalue weighted by atomic mass is 9.63. The lowest BCUT2D eigenvalue weighted by molar-refractivity contribution is -0.188. The maximum absolute atomic E-state index is 9.39. The smallest absolute Gasteiger partial charge is 0.0550 e. The summed E-state index contributed by atoms with van der Waals surface area (Å²) in [4.78, 5) is 0. The van der Waals surface area contributed by atoms with E-state index >= 15 is 0 Å². The van der Waals surface area contributed by atoms with Crippen molar-refractivity contribution in [2.75, 3.05) is 19.8 Å². The van der Waals surface area contributed by atoms with Gasteiger partial charge < -0.3 is 9.84 Å². The van der Waals surface area contributed by atoms with Crippen LogP contribution in [-0.4, -0.2) is 24.9 Å². The van der Waals surface area contributed by atoms with Crippen molar-refractivity contribution in [2.24, 2.45) is 23.2 Å². The van der Waals surface area contributed by atoms with E-state index in [9.17, 15) is 5.11 Å². The third kappa shape index (κ3) is 1.75. The molecule has 2 nitrogen and oxygen atoms in total. The van der Waals surface area contributed by atoms with Gasteiger partial charge in [0.05, 0.1) is 13.2 Å². The molecule has 78 valence electrons. The highest BCUT2D eigenvalue weighted by Crippen LogP contribution is 2.45. The van der Waals surface area contributed by atoms with Gasteiger partial charge in [0.2, 0.25) is 0 Å². The number of ether oxygens (including phenoxy) is 1. The van der Waals surface area contributed by atoms with Crippen LogP contribution in [-0.2, 0) is 4.74 Å². The van der Waals surface area contributed by atoms with Crippen LogP contribution in [0.25, 0.3) is 0 Å². The fourth-order valence-electron chi connectivity index (χ4n) is 2.37. The van der Waals surface area contributed by atoms with Gasteiger partial charge in [-0.2, -0.15) is 0 Å². The summed E-state index contributed by atoms with van der Waals surface area (Å²) in [5, 5.41) is 9.39. The van der Waals surface area contributed by atoms with Gasteiger partial charge in [0, 0.05) is 12.0 Å². The molecule has 1 rings (SSSR count). The topological polar surface area (TPSA) is 29.5 Å². The second-order valence-electron chi connectivity index (χ2n) is 4.91. The first-order valence-electron chi connectivity index (χ1n) is 5.23. The van der Waals surface area contributed by atoms with Gasteiger partial charge in [0.1, 0.15) is 0 Å². The van der Waals surface area contributed by atoms with Crippen LogP contribution in [0.4, 0.5) is 0 Å². The monoisotopic (exact) mass is 186 g/mol. The Hall–Kier alpha value is -0.0800. The second-order valence-corrected chi connectivity index (χ2v) is 4.91. The predicted octanol–water partition coefficient (Wildman–Crippen LogP) is 1.92. The van der Waals surface area contributed by atoms with Gasteiger partial charge >= 0.3 is 0 Å². The van der Waals surface area contributed by atoms with Crippen molar-refractivity contribution in [3.63, 3.8) is 0 Å². The molecule has 13 heavy (non-hydrogen) atoms. The number of aliphatic hydroxyl groups is 1. The lowest BCUT2D eigenvalue weighted by Gasteiger charge is -2.51. The van der Waals surface area contributed by atoms with E-state index in [1.165, 1.54) is 0 Å². The van der Waals surface area contributed by atoms with Crippen molar-refractivity contribution in [3.8, 4) is 0 Å². The molecule has 0 saturated carbocycles. The minimum absolute atomic E-state index is 0.239.